The largest absolute Gasteiger partial charge is 0.429 e. The lowest BCUT2D eigenvalue weighted by Crippen LogP contribution is -2.39. The van der Waals surface area contributed by atoms with E-state index in [1.165, 1.54) is 13.8 Å². The van der Waals surface area contributed by atoms with Gasteiger partial charge in [0.05, 0.1) is 23.9 Å². The van der Waals surface area contributed by atoms with Gasteiger partial charge in [-0.05, 0) is 45.5 Å². The van der Waals surface area contributed by atoms with Crippen molar-refractivity contribution in [3.8, 4) is 11.8 Å². The molecule has 2 aliphatic carbocycles. The van der Waals surface area contributed by atoms with Gasteiger partial charge in [-0.3, -0.25) is 20.2 Å². The van der Waals surface area contributed by atoms with E-state index in [2.05, 4.69) is 27.1 Å². The maximum Gasteiger partial charge on any atom is 0.429 e. The van der Waals surface area contributed by atoms with Gasteiger partial charge in [-0.2, -0.15) is 22.0 Å². The monoisotopic (exact) mass is 448 g/mol. The molecule has 2 rings (SSSR count). The summed E-state index contributed by atoms with van der Waals surface area (Å²) in [5, 5.41) is 19.3. The molecule has 0 saturated heterocycles. The summed E-state index contributed by atoms with van der Waals surface area (Å²) in [7, 11) is 0. The first kappa shape index (κ1) is 24.9. The van der Waals surface area contributed by atoms with Gasteiger partial charge in [0.1, 0.15) is 17.9 Å². The van der Waals surface area contributed by atoms with Crippen molar-refractivity contribution in [2.24, 2.45) is 27.7 Å². The zero-order valence-electron chi connectivity index (χ0n) is 17.4. The Hall–Kier alpha value is -2.35. The molecule has 6 nitrogen and oxygen atoms in total. The maximum atomic E-state index is 14.5. The van der Waals surface area contributed by atoms with E-state index in [-0.39, 0.29) is 25.9 Å². The predicted molar refractivity (Wildman–Crippen MR) is 106 cm³/mol. The van der Waals surface area contributed by atoms with Crippen LogP contribution in [0.25, 0.3) is 0 Å². The summed E-state index contributed by atoms with van der Waals surface area (Å²) in [6, 6.07) is 0. The number of fused-ring (bicyclic) bond motifs is 1. The van der Waals surface area contributed by atoms with Crippen LogP contribution in [0.5, 0.6) is 0 Å². The minimum Gasteiger partial charge on any atom is -0.378 e. The van der Waals surface area contributed by atoms with E-state index in [9.17, 15) is 31.9 Å². The van der Waals surface area contributed by atoms with Crippen molar-refractivity contribution in [3.05, 3.63) is 0 Å². The lowest BCUT2D eigenvalue weighted by molar-refractivity contribution is -0.119. The average molecular weight is 448 g/mol. The Balaban J connectivity index is 1.98. The highest BCUT2D eigenvalue weighted by molar-refractivity contribution is 6.13. The van der Waals surface area contributed by atoms with Crippen molar-refractivity contribution in [1.82, 2.24) is 5.32 Å². The summed E-state index contributed by atoms with van der Waals surface area (Å²) in [6.07, 6.45) is -4.79. The van der Waals surface area contributed by atoms with Gasteiger partial charge >= 0.3 is 6.18 Å². The Bertz CT molecular complexity index is 846. The average Bonchev–Trinajstić information content (AvgIpc) is 2.73. The molecule has 0 radical (unpaired) electrons. The molecule has 3 unspecified atom stereocenters. The third kappa shape index (κ3) is 6.09. The Morgan fingerprint density at radius 2 is 1.97 bits per heavy atom. The highest BCUT2D eigenvalue weighted by atomic mass is 19.4. The fraction of sp³-hybridized carbons (Fsp3) is 0.700. The molecule has 3 atom stereocenters. The molecule has 0 aromatic heterocycles. The van der Waals surface area contributed by atoms with Crippen LogP contribution >= 0.6 is 0 Å². The SMILES string of the molecule is CC(C#CC(C)(C)O)=NCCNC(=O)CN=C1C(C(=N)C(F)(F)F)C2CCC2C1(F)F. The Morgan fingerprint density at radius 1 is 1.32 bits per heavy atom. The maximum absolute atomic E-state index is 14.5. The molecule has 2 saturated carbocycles. The first-order chi connectivity index (χ1) is 14.1. The molecular weight excluding hydrogens is 423 g/mol. The summed E-state index contributed by atoms with van der Waals surface area (Å²) in [4.78, 5) is 19.5. The summed E-state index contributed by atoms with van der Waals surface area (Å²) < 4.78 is 68.1. The van der Waals surface area contributed by atoms with E-state index in [0.29, 0.717) is 5.71 Å². The molecule has 2 fully saturated rings. The topological polar surface area (TPSA) is 97.9 Å². The fourth-order valence-electron chi connectivity index (χ4n) is 3.62. The molecule has 172 valence electrons. The lowest BCUT2D eigenvalue weighted by Gasteiger charge is -2.34. The van der Waals surface area contributed by atoms with Crippen LogP contribution < -0.4 is 5.32 Å². The van der Waals surface area contributed by atoms with Crippen LogP contribution in [0.3, 0.4) is 0 Å². The molecular formula is C20H25F5N4O2. The number of amides is 1. The van der Waals surface area contributed by atoms with Crippen molar-refractivity contribution in [2.75, 3.05) is 19.6 Å². The molecule has 0 aromatic carbocycles. The van der Waals surface area contributed by atoms with Crippen LogP contribution in [0.4, 0.5) is 22.0 Å². The number of rotatable bonds is 6. The first-order valence-electron chi connectivity index (χ1n) is 9.76. The van der Waals surface area contributed by atoms with Crippen LogP contribution in [0.2, 0.25) is 0 Å². The second-order valence-electron chi connectivity index (χ2n) is 8.19. The fourth-order valence-corrected chi connectivity index (χ4v) is 3.62. The highest BCUT2D eigenvalue weighted by Gasteiger charge is 2.67. The molecule has 0 heterocycles. The van der Waals surface area contributed by atoms with E-state index in [4.69, 9.17) is 5.41 Å². The standard InChI is InChI=1S/C20H25F5N4O2/c1-11(6-7-18(2,3)31)27-8-9-28-14(30)10-29-17-15(16(26)20(23,24)25)12-4-5-13(12)19(17,21)22/h12-13,15,26,31H,4-5,8-10H2,1-3H3,(H,28,30). The number of nitrogens with one attached hydrogen (secondary N) is 2. The van der Waals surface area contributed by atoms with Crippen LogP contribution in [0, 0.1) is 35.0 Å². The van der Waals surface area contributed by atoms with Crippen LogP contribution in [-0.4, -0.2) is 65.5 Å². The number of nitrogens with zero attached hydrogens (tertiary/aromatic N) is 2. The normalized spacial score (nSPS) is 26.5. The molecule has 0 spiro atoms. The van der Waals surface area contributed by atoms with Gasteiger partial charge in [-0.25, -0.2) is 0 Å². The zero-order chi connectivity index (χ0) is 23.6. The summed E-state index contributed by atoms with van der Waals surface area (Å²) in [5.41, 5.74) is -3.51. The zero-order valence-corrected chi connectivity index (χ0v) is 17.4. The number of alkyl halides is 5. The molecule has 0 bridgehead atoms. The molecule has 0 aliphatic heterocycles. The quantitative estimate of drug-likeness (QED) is 0.252. The van der Waals surface area contributed by atoms with Crippen LogP contribution in [0.15, 0.2) is 9.98 Å². The van der Waals surface area contributed by atoms with Gasteiger partial charge in [0, 0.05) is 12.5 Å². The Morgan fingerprint density at radius 3 is 2.48 bits per heavy atom. The number of carbonyl (C=O) groups is 1. The van der Waals surface area contributed by atoms with E-state index >= 15 is 0 Å². The molecule has 3 N–H and O–H groups in total. The smallest absolute Gasteiger partial charge is 0.378 e. The van der Waals surface area contributed by atoms with E-state index in [0.717, 1.165) is 0 Å². The number of halogens is 5. The van der Waals surface area contributed by atoms with Crippen molar-refractivity contribution in [1.29, 1.82) is 5.41 Å². The van der Waals surface area contributed by atoms with Crippen LogP contribution in [0.1, 0.15) is 33.6 Å². The minimum atomic E-state index is -5.03. The van der Waals surface area contributed by atoms with Crippen molar-refractivity contribution in [2.45, 2.75) is 51.3 Å². The number of aliphatic imine (C=N–C) groups is 2. The lowest BCUT2D eigenvalue weighted by atomic mass is 9.71. The third-order valence-corrected chi connectivity index (χ3v) is 5.20. The number of aliphatic hydroxyl groups is 1. The van der Waals surface area contributed by atoms with Gasteiger partial charge < -0.3 is 10.4 Å². The van der Waals surface area contributed by atoms with Gasteiger partial charge in [0.15, 0.2) is 0 Å². The van der Waals surface area contributed by atoms with Gasteiger partial charge in [0.25, 0.3) is 5.92 Å². The van der Waals surface area contributed by atoms with Crippen molar-refractivity contribution < 1.29 is 31.9 Å². The number of hydrogen-bond donors (Lipinski definition) is 3. The van der Waals surface area contributed by atoms with Gasteiger partial charge in [-0.15, -0.1) is 0 Å². The van der Waals surface area contributed by atoms with E-state index in [1.54, 1.807) is 6.92 Å². The predicted octanol–water partition coefficient (Wildman–Crippen LogP) is 2.65. The summed E-state index contributed by atoms with van der Waals surface area (Å²) in [5.74, 6) is -3.16. The van der Waals surface area contributed by atoms with Gasteiger partial charge in [0.2, 0.25) is 5.91 Å². The van der Waals surface area contributed by atoms with Crippen molar-refractivity contribution in [3.63, 3.8) is 0 Å². The molecule has 1 amide bonds. The third-order valence-electron chi connectivity index (χ3n) is 5.20. The van der Waals surface area contributed by atoms with Crippen LogP contribution in [-0.2, 0) is 4.79 Å². The number of hydrogen-bond acceptors (Lipinski definition) is 5. The number of carbonyl (C=O) groups excluding carboxylic acids is 1. The van der Waals surface area contributed by atoms with E-state index < -0.39 is 59.3 Å². The molecule has 31 heavy (non-hydrogen) atoms. The minimum absolute atomic E-state index is 0.0503. The Kier molecular flexibility index (Phi) is 7.25. The van der Waals surface area contributed by atoms with Crippen molar-refractivity contribution >= 4 is 23.0 Å². The first-order valence-corrected chi connectivity index (χ1v) is 9.76. The second kappa shape index (κ2) is 9.02. The Labute approximate surface area is 176 Å². The molecule has 2 aliphatic rings. The van der Waals surface area contributed by atoms with E-state index in [1.807, 2.05) is 0 Å². The highest BCUT2D eigenvalue weighted by Crippen LogP contribution is 2.57. The second-order valence-corrected chi connectivity index (χ2v) is 8.19. The molecule has 11 heteroatoms. The summed E-state index contributed by atoms with van der Waals surface area (Å²) in [6.45, 7) is 4.06. The summed E-state index contributed by atoms with van der Waals surface area (Å²) >= 11 is 0. The molecule has 0 aromatic rings. The van der Waals surface area contributed by atoms with Gasteiger partial charge in [-0.1, -0.05) is 5.92 Å².